The second-order valence-electron chi connectivity index (χ2n) is 12.5. The minimum absolute atomic E-state index is 0.212. The smallest absolute Gasteiger partial charge is 0.261 e. The Kier molecular flexibility index (Phi) is 7.07. The summed E-state index contributed by atoms with van der Waals surface area (Å²) in [5.41, 5.74) is 3.98. The van der Waals surface area contributed by atoms with Gasteiger partial charge in [0.25, 0.3) is 23.6 Å². The van der Waals surface area contributed by atoms with Gasteiger partial charge >= 0.3 is 0 Å². The van der Waals surface area contributed by atoms with Crippen LogP contribution in [-0.2, 0) is 0 Å². The Hall–Kier alpha value is -6.11. The van der Waals surface area contributed by atoms with E-state index in [-0.39, 0.29) is 36.7 Å². The van der Waals surface area contributed by atoms with E-state index < -0.39 is 0 Å². The van der Waals surface area contributed by atoms with Crippen LogP contribution in [-0.4, -0.2) is 82.2 Å². The number of aromatic nitrogens is 2. The molecule has 9 rings (SSSR count). The maximum Gasteiger partial charge on any atom is 0.261 e. The van der Waals surface area contributed by atoms with Gasteiger partial charge in [-0.3, -0.25) is 29.0 Å². The van der Waals surface area contributed by atoms with E-state index in [1.807, 2.05) is 34.9 Å². The summed E-state index contributed by atoms with van der Waals surface area (Å²) in [6.07, 6.45) is 9.07. The van der Waals surface area contributed by atoms with Crippen molar-refractivity contribution in [3.8, 4) is 5.69 Å². The summed E-state index contributed by atoms with van der Waals surface area (Å²) in [6, 6.07) is 16.4. The molecule has 0 aliphatic carbocycles. The zero-order chi connectivity index (χ0) is 33.9. The molecule has 0 bridgehead atoms. The van der Waals surface area contributed by atoms with Crippen LogP contribution >= 0.6 is 0 Å². The number of hydrogen-bond donors (Lipinski definition) is 2. The van der Waals surface area contributed by atoms with Crippen LogP contribution in [0, 0.1) is 0 Å². The molecule has 5 heterocycles. The maximum absolute atomic E-state index is 13.7. The first-order valence-corrected chi connectivity index (χ1v) is 16.5. The van der Waals surface area contributed by atoms with Crippen molar-refractivity contribution in [2.24, 2.45) is 0 Å². The summed E-state index contributed by atoms with van der Waals surface area (Å²) in [4.78, 5) is 60.9. The predicted octanol–water partition coefficient (Wildman–Crippen LogP) is 5.13. The highest BCUT2D eigenvalue weighted by Gasteiger charge is 2.35. The average molecular weight is 667 g/mol. The highest BCUT2D eigenvalue weighted by molar-refractivity contribution is 6.30. The number of amides is 4. The van der Waals surface area contributed by atoms with Gasteiger partial charge in [-0.15, -0.1) is 0 Å². The number of hydrogen-bond acceptors (Lipinski definition) is 9. The first-order valence-electron chi connectivity index (χ1n) is 16.5. The van der Waals surface area contributed by atoms with E-state index in [9.17, 15) is 19.2 Å². The molecule has 2 aliphatic heterocycles. The van der Waals surface area contributed by atoms with Crippen molar-refractivity contribution in [2.45, 2.75) is 6.42 Å². The Morgan fingerprint density at radius 1 is 0.620 bits per heavy atom. The van der Waals surface area contributed by atoms with Crippen LogP contribution in [0.4, 0.5) is 0 Å². The molecule has 4 aromatic carbocycles. The van der Waals surface area contributed by atoms with Crippen LogP contribution in [0.15, 0.2) is 94.7 Å². The quantitative estimate of drug-likeness (QED) is 0.142. The molecule has 0 unspecified atom stereocenters. The van der Waals surface area contributed by atoms with E-state index in [1.54, 1.807) is 55.5 Å². The molecule has 0 spiro atoms. The Bertz CT molecular complexity index is 2530. The van der Waals surface area contributed by atoms with Gasteiger partial charge in [0.2, 0.25) is 0 Å². The van der Waals surface area contributed by atoms with E-state index in [2.05, 4.69) is 15.6 Å². The van der Waals surface area contributed by atoms with Crippen molar-refractivity contribution in [2.75, 3.05) is 39.3 Å². The monoisotopic (exact) mass is 666 g/mol. The normalized spacial score (nSPS) is 14.4. The number of carbonyl (C=O) groups excluding carboxylic acids is 4. The van der Waals surface area contributed by atoms with Gasteiger partial charge in [0, 0.05) is 93.3 Å². The lowest BCUT2D eigenvalue weighted by Gasteiger charge is -2.28. The van der Waals surface area contributed by atoms with Crippen molar-refractivity contribution < 1.29 is 28.0 Å². The minimum atomic E-state index is -0.348. The standard InChI is InChI=1S/C38H30N6O6/c45-35-26-4-1-3-25-31(26)28(17-22-5-15-49-33(22)25)36(46)43(35)13-10-39-7-2-8-40-11-14-44-37(47)29-18-23-6-16-50-34(23)27-19-24(42-12-9-41-21-42)20-30(32(27)29)38(44)48/h1,3-6,9,12,15-21,39-40H,2,7-8,10-11,13-14H2. The molecule has 0 saturated carbocycles. The van der Waals surface area contributed by atoms with Gasteiger partial charge in [0.15, 0.2) is 0 Å². The second kappa shape index (κ2) is 11.8. The molecule has 12 heteroatoms. The highest BCUT2D eigenvalue weighted by Crippen LogP contribution is 2.38. The summed E-state index contributed by atoms with van der Waals surface area (Å²) in [5.74, 6) is -1.30. The molecule has 248 valence electrons. The number of nitrogens with one attached hydrogen (secondary N) is 2. The number of furan rings is 2. The third-order valence-electron chi connectivity index (χ3n) is 9.64. The van der Waals surface area contributed by atoms with E-state index in [1.165, 1.54) is 9.80 Å². The molecule has 0 fully saturated rings. The van der Waals surface area contributed by atoms with E-state index in [4.69, 9.17) is 8.83 Å². The van der Waals surface area contributed by atoms with Gasteiger partial charge in [0.1, 0.15) is 11.2 Å². The largest absolute Gasteiger partial charge is 0.464 e. The minimum Gasteiger partial charge on any atom is -0.464 e. The zero-order valence-corrected chi connectivity index (χ0v) is 26.8. The number of rotatable bonds is 11. The van der Waals surface area contributed by atoms with Gasteiger partial charge in [-0.25, -0.2) is 4.98 Å². The van der Waals surface area contributed by atoms with Gasteiger partial charge in [-0.1, -0.05) is 12.1 Å². The molecule has 50 heavy (non-hydrogen) atoms. The summed E-state index contributed by atoms with van der Waals surface area (Å²) in [7, 11) is 0. The van der Waals surface area contributed by atoms with Gasteiger partial charge in [0.05, 0.1) is 24.4 Å². The number of carbonyl (C=O) groups is 4. The molecule has 0 atom stereocenters. The molecule has 12 nitrogen and oxygen atoms in total. The van der Waals surface area contributed by atoms with Crippen LogP contribution in [0.5, 0.6) is 0 Å². The predicted molar refractivity (Wildman–Crippen MR) is 186 cm³/mol. The molecule has 2 aliphatic rings. The number of fused-ring (bicyclic) bond motifs is 4. The molecule has 7 aromatic rings. The Morgan fingerprint density at radius 3 is 1.82 bits per heavy atom. The summed E-state index contributed by atoms with van der Waals surface area (Å²) < 4.78 is 13.2. The lowest BCUT2D eigenvalue weighted by molar-refractivity contribution is 0.0597. The first-order chi connectivity index (χ1) is 24.5. The van der Waals surface area contributed by atoms with Crippen LogP contribution < -0.4 is 10.6 Å². The zero-order valence-electron chi connectivity index (χ0n) is 26.8. The highest BCUT2D eigenvalue weighted by atomic mass is 16.3. The van der Waals surface area contributed by atoms with E-state index in [0.717, 1.165) is 28.3 Å². The number of imide groups is 2. The van der Waals surface area contributed by atoms with Gasteiger partial charge in [-0.05, 0) is 62.0 Å². The molecular weight excluding hydrogens is 636 g/mol. The fourth-order valence-electron chi connectivity index (χ4n) is 7.27. The van der Waals surface area contributed by atoms with Crippen LogP contribution in [0.1, 0.15) is 47.9 Å². The second-order valence-corrected chi connectivity index (χ2v) is 12.5. The third-order valence-corrected chi connectivity index (χ3v) is 9.64. The average Bonchev–Trinajstić information content (AvgIpc) is 3.93. The summed E-state index contributed by atoms with van der Waals surface area (Å²) >= 11 is 0. The Morgan fingerprint density at radius 2 is 1.20 bits per heavy atom. The van der Waals surface area contributed by atoms with Gasteiger partial charge in [-0.2, -0.15) is 0 Å². The number of imidazole rings is 1. The van der Waals surface area contributed by atoms with Crippen LogP contribution in [0.3, 0.4) is 0 Å². The fourth-order valence-corrected chi connectivity index (χ4v) is 7.27. The van der Waals surface area contributed by atoms with Crippen molar-refractivity contribution in [3.63, 3.8) is 0 Å². The Balaban J connectivity index is 0.798. The number of benzene rings is 4. The summed E-state index contributed by atoms with van der Waals surface area (Å²) in [5, 5.41) is 11.0. The van der Waals surface area contributed by atoms with Crippen LogP contribution in [0.2, 0.25) is 0 Å². The van der Waals surface area contributed by atoms with Crippen molar-refractivity contribution in [1.29, 1.82) is 0 Å². The number of nitrogens with zero attached hydrogens (tertiary/aromatic N) is 4. The van der Waals surface area contributed by atoms with Crippen molar-refractivity contribution in [3.05, 3.63) is 108 Å². The lowest BCUT2D eigenvalue weighted by atomic mass is 9.92. The maximum atomic E-state index is 13.7. The molecule has 2 N–H and O–H groups in total. The molecule has 3 aromatic heterocycles. The fraction of sp³-hybridized carbons (Fsp3) is 0.184. The first kappa shape index (κ1) is 30.0. The van der Waals surface area contributed by atoms with Gasteiger partial charge < -0.3 is 24.0 Å². The van der Waals surface area contributed by atoms with E-state index >= 15 is 0 Å². The van der Waals surface area contributed by atoms with E-state index in [0.29, 0.717) is 75.8 Å². The summed E-state index contributed by atoms with van der Waals surface area (Å²) in [6.45, 7) is 2.63. The third kappa shape index (κ3) is 4.64. The lowest BCUT2D eigenvalue weighted by Crippen LogP contribution is -2.44. The van der Waals surface area contributed by atoms with Crippen LogP contribution in [0.25, 0.3) is 49.2 Å². The topological polar surface area (TPSA) is 143 Å². The van der Waals surface area contributed by atoms with Crippen molar-refractivity contribution in [1.82, 2.24) is 30.0 Å². The molecular formula is C38H30N6O6. The SMILES string of the molecule is O=C1c2cccc3c2c(cc2ccoc23)C(=O)N1CCNCCCNCCN1C(=O)c2cc(-n3ccnc3)cc3c2c(cc2ccoc23)C1=O. The molecule has 0 radical (unpaired) electrons. The van der Waals surface area contributed by atoms with Crippen molar-refractivity contribution >= 4 is 67.1 Å². The Labute approximate surface area is 284 Å². The molecule has 0 saturated heterocycles. The molecule has 4 amide bonds.